The van der Waals surface area contributed by atoms with Gasteiger partial charge in [0, 0.05) is 19.4 Å². The summed E-state index contributed by atoms with van der Waals surface area (Å²) in [7, 11) is 3.54. The summed E-state index contributed by atoms with van der Waals surface area (Å²) in [6, 6.07) is 15.2. The van der Waals surface area contributed by atoms with Gasteiger partial charge < -0.3 is 19.9 Å². The number of carbonyl (C=O) groups excluding carboxylic acids is 1. The van der Waals surface area contributed by atoms with Gasteiger partial charge in [0.2, 0.25) is 0 Å². The molecule has 0 saturated carbocycles. The van der Waals surface area contributed by atoms with E-state index in [1.54, 1.807) is 13.3 Å². The van der Waals surface area contributed by atoms with Crippen LogP contribution in [0.25, 0.3) is 0 Å². The Kier molecular flexibility index (Phi) is 6.77. The number of hydrogen-bond acceptors (Lipinski definition) is 3. The van der Waals surface area contributed by atoms with Crippen molar-refractivity contribution in [2.24, 2.45) is 7.05 Å². The monoisotopic (exact) mass is 406 g/mol. The van der Waals surface area contributed by atoms with Crippen LogP contribution in [-0.2, 0) is 7.05 Å². The number of benzene rings is 2. The van der Waals surface area contributed by atoms with Crippen LogP contribution in [0, 0.1) is 0 Å². The number of aryl methyl sites for hydroxylation is 1. The minimum absolute atomic E-state index is 0.126. The first-order chi connectivity index (χ1) is 14.4. The highest BCUT2D eigenvalue weighted by molar-refractivity contribution is 5.75. The molecule has 0 fully saturated rings. The molecule has 0 aliphatic rings. The van der Waals surface area contributed by atoms with E-state index in [9.17, 15) is 4.79 Å². The third kappa shape index (κ3) is 5.00. The smallest absolute Gasteiger partial charge is 0.316 e. The van der Waals surface area contributed by atoms with Crippen molar-refractivity contribution in [2.75, 3.05) is 7.11 Å². The van der Waals surface area contributed by atoms with Crippen LogP contribution in [0.3, 0.4) is 0 Å². The third-order valence-electron chi connectivity index (χ3n) is 5.27. The minimum Gasteiger partial charge on any atom is -0.497 e. The second-order valence-electron chi connectivity index (χ2n) is 7.77. The molecule has 0 bridgehead atoms. The van der Waals surface area contributed by atoms with Crippen molar-refractivity contribution in [3.63, 3.8) is 0 Å². The van der Waals surface area contributed by atoms with E-state index >= 15 is 0 Å². The van der Waals surface area contributed by atoms with Gasteiger partial charge in [-0.3, -0.25) is 0 Å². The zero-order valence-corrected chi connectivity index (χ0v) is 18.2. The maximum absolute atomic E-state index is 12.9. The molecule has 0 saturated heterocycles. The van der Waals surface area contributed by atoms with Gasteiger partial charge >= 0.3 is 6.03 Å². The molecule has 158 valence electrons. The molecular weight excluding hydrogens is 376 g/mol. The molecule has 2 unspecified atom stereocenters. The second-order valence-corrected chi connectivity index (χ2v) is 7.77. The van der Waals surface area contributed by atoms with Crippen LogP contribution in [0.2, 0.25) is 0 Å². The average Bonchev–Trinajstić information content (AvgIpc) is 3.17. The Labute approximate surface area is 178 Å². The van der Waals surface area contributed by atoms with Crippen molar-refractivity contribution < 1.29 is 9.53 Å². The van der Waals surface area contributed by atoms with Crippen LogP contribution < -0.4 is 15.4 Å². The number of rotatable bonds is 7. The van der Waals surface area contributed by atoms with Gasteiger partial charge in [-0.1, -0.05) is 50.2 Å². The quantitative estimate of drug-likeness (QED) is 0.597. The summed E-state index contributed by atoms with van der Waals surface area (Å²) < 4.78 is 7.25. The number of ether oxygens (including phenoxy) is 1. The third-order valence-corrected chi connectivity index (χ3v) is 5.27. The Morgan fingerprint density at radius 3 is 2.30 bits per heavy atom. The number of carbonyl (C=O) groups is 1. The molecule has 3 rings (SSSR count). The predicted molar refractivity (Wildman–Crippen MR) is 119 cm³/mol. The van der Waals surface area contributed by atoms with Crippen molar-refractivity contribution >= 4 is 6.03 Å². The molecular formula is C24H30N4O2. The zero-order valence-electron chi connectivity index (χ0n) is 18.2. The van der Waals surface area contributed by atoms with Crippen LogP contribution in [-0.4, -0.2) is 22.7 Å². The Bertz CT molecular complexity index is 979. The summed E-state index contributed by atoms with van der Waals surface area (Å²) in [5.74, 6) is 1.95. The van der Waals surface area contributed by atoms with E-state index in [-0.39, 0.29) is 12.1 Å². The fourth-order valence-corrected chi connectivity index (χ4v) is 3.40. The highest BCUT2D eigenvalue weighted by Gasteiger charge is 2.22. The molecule has 2 amide bonds. The molecule has 1 aromatic heterocycles. The average molecular weight is 407 g/mol. The zero-order chi connectivity index (χ0) is 21.7. The summed E-state index contributed by atoms with van der Waals surface area (Å²) in [5.41, 5.74) is 3.24. The summed E-state index contributed by atoms with van der Waals surface area (Å²) in [5, 5.41) is 6.11. The topological polar surface area (TPSA) is 68.2 Å². The fourth-order valence-electron chi connectivity index (χ4n) is 3.40. The standard InChI is InChI=1S/C24H30N4O2/c1-16(2)18-9-11-19(12-10-18)17(3)26-24(29)27-22(23-25-13-14-28(23)4)20-7-6-8-21(15-20)30-5/h6-17,22H,1-5H3,(H2,26,27,29). The SMILES string of the molecule is COc1cccc(C(NC(=O)NC(C)c2ccc(C(C)C)cc2)c2nccn2C)c1. The highest BCUT2D eigenvalue weighted by atomic mass is 16.5. The summed E-state index contributed by atoms with van der Waals surface area (Å²) in [4.78, 5) is 17.3. The Morgan fingerprint density at radius 1 is 1.00 bits per heavy atom. The van der Waals surface area contributed by atoms with Gasteiger partial charge in [-0.25, -0.2) is 9.78 Å². The number of amides is 2. The van der Waals surface area contributed by atoms with Crippen LogP contribution in [0.15, 0.2) is 60.9 Å². The second kappa shape index (κ2) is 9.48. The van der Waals surface area contributed by atoms with Gasteiger partial charge in [-0.2, -0.15) is 0 Å². The summed E-state index contributed by atoms with van der Waals surface area (Å²) in [6.07, 6.45) is 3.59. The molecule has 2 N–H and O–H groups in total. The first-order valence-electron chi connectivity index (χ1n) is 10.2. The van der Waals surface area contributed by atoms with E-state index in [1.165, 1.54) is 5.56 Å². The lowest BCUT2D eigenvalue weighted by Gasteiger charge is -2.22. The molecule has 3 aromatic rings. The first-order valence-corrected chi connectivity index (χ1v) is 10.2. The maximum Gasteiger partial charge on any atom is 0.316 e. The van der Waals surface area contributed by atoms with Crippen LogP contribution in [0.5, 0.6) is 5.75 Å². The molecule has 0 aliphatic carbocycles. The largest absolute Gasteiger partial charge is 0.497 e. The molecule has 30 heavy (non-hydrogen) atoms. The number of hydrogen-bond donors (Lipinski definition) is 2. The lowest BCUT2D eigenvalue weighted by atomic mass is 10.00. The van der Waals surface area contributed by atoms with Gasteiger partial charge in [0.15, 0.2) is 0 Å². The van der Waals surface area contributed by atoms with Crippen molar-refractivity contribution in [3.05, 3.63) is 83.4 Å². The van der Waals surface area contributed by atoms with Crippen LogP contribution >= 0.6 is 0 Å². The minimum atomic E-state index is -0.407. The lowest BCUT2D eigenvalue weighted by Crippen LogP contribution is -2.40. The predicted octanol–water partition coefficient (Wildman–Crippen LogP) is 4.70. The molecule has 0 spiro atoms. The van der Waals surface area contributed by atoms with E-state index in [1.807, 2.05) is 49.0 Å². The van der Waals surface area contributed by atoms with Gasteiger partial charge in [-0.05, 0) is 41.7 Å². The van der Waals surface area contributed by atoms with Crippen LogP contribution in [0.4, 0.5) is 4.79 Å². The Morgan fingerprint density at radius 2 is 1.70 bits per heavy atom. The van der Waals surface area contributed by atoms with Gasteiger partial charge in [0.05, 0.1) is 13.2 Å². The van der Waals surface area contributed by atoms with Crippen molar-refractivity contribution in [2.45, 2.75) is 38.8 Å². The number of aromatic nitrogens is 2. The van der Waals surface area contributed by atoms with Crippen molar-refractivity contribution in [1.29, 1.82) is 0 Å². The highest BCUT2D eigenvalue weighted by Crippen LogP contribution is 2.24. The Balaban J connectivity index is 1.77. The van der Waals surface area contributed by atoms with E-state index in [4.69, 9.17) is 4.74 Å². The maximum atomic E-state index is 12.9. The number of nitrogens with zero attached hydrogens (tertiary/aromatic N) is 2. The molecule has 6 nitrogen and oxygen atoms in total. The lowest BCUT2D eigenvalue weighted by molar-refractivity contribution is 0.235. The van der Waals surface area contributed by atoms with Gasteiger partial charge in [0.25, 0.3) is 0 Å². The first kappa shape index (κ1) is 21.4. The summed E-state index contributed by atoms with van der Waals surface area (Å²) >= 11 is 0. The van der Waals surface area contributed by atoms with E-state index in [2.05, 4.69) is 53.7 Å². The number of urea groups is 1. The fraction of sp³-hybridized carbons (Fsp3) is 0.333. The van der Waals surface area contributed by atoms with Crippen molar-refractivity contribution in [3.8, 4) is 5.75 Å². The number of nitrogens with one attached hydrogen (secondary N) is 2. The molecule has 0 radical (unpaired) electrons. The number of imidazole rings is 1. The van der Waals surface area contributed by atoms with Crippen molar-refractivity contribution in [1.82, 2.24) is 20.2 Å². The van der Waals surface area contributed by atoms with Gasteiger partial charge in [0.1, 0.15) is 17.6 Å². The normalized spacial score (nSPS) is 13.0. The molecule has 2 atom stereocenters. The molecule has 0 aliphatic heterocycles. The molecule has 2 aromatic carbocycles. The summed E-state index contributed by atoms with van der Waals surface area (Å²) in [6.45, 7) is 6.31. The van der Waals surface area contributed by atoms with E-state index in [0.29, 0.717) is 5.92 Å². The number of methoxy groups -OCH3 is 1. The van der Waals surface area contributed by atoms with Crippen LogP contribution in [0.1, 0.15) is 61.3 Å². The van der Waals surface area contributed by atoms with E-state index in [0.717, 1.165) is 22.7 Å². The Hall–Kier alpha value is -3.28. The van der Waals surface area contributed by atoms with E-state index < -0.39 is 6.04 Å². The van der Waals surface area contributed by atoms with Gasteiger partial charge in [-0.15, -0.1) is 0 Å². The molecule has 1 heterocycles. The molecule has 6 heteroatoms.